The van der Waals surface area contributed by atoms with Crippen LogP contribution in [0, 0.1) is 0 Å². The molecule has 0 atom stereocenters. The van der Waals surface area contributed by atoms with Gasteiger partial charge in [0.25, 0.3) is 13.4 Å². The van der Waals surface area contributed by atoms with Gasteiger partial charge in [0.1, 0.15) is 0 Å². The third kappa shape index (κ3) is 2.83. The standard InChI is InChI=1S/C48H25B2N3S/c1-6-19-35-26(12-1)28-15-11-18-33-45(28)51(35)39-25-40-44-47-43(39)49(33)31-16-4-8-21-37(31)53(47)38-22-9-5-17-32(38)50(44)34-24-30-27-13-3-10-23-41(27)54-48(30)42-29-14-2-7-20-36(29)52(40)46(34)42/h1-25H. The second-order valence-corrected chi connectivity index (χ2v) is 16.6. The Morgan fingerprint density at radius 2 is 0.981 bits per heavy atom. The monoisotopic (exact) mass is 697 g/mol. The van der Waals surface area contributed by atoms with Gasteiger partial charge in [-0.2, -0.15) is 0 Å². The van der Waals surface area contributed by atoms with E-state index in [2.05, 4.69) is 166 Å². The molecule has 7 heterocycles. The largest absolute Gasteiger partial charge is 0.312 e. The molecule has 54 heavy (non-hydrogen) atoms. The van der Waals surface area contributed by atoms with Gasteiger partial charge in [0, 0.05) is 75.7 Å². The summed E-state index contributed by atoms with van der Waals surface area (Å²) < 4.78 is 8.00. The fraction of sp³-hybridized carbons (Fsp3) is 0. The Labute approximate surface area is 314 Å². The maximum Gasteiger partial charge on any atom is 0.252 e. The van der Waals surface area contributed by atoms with Crippen LogP contribution in [-0.2, 0) is 0 Å². The second-order valence-electron chi connectivity index (χ2n) is 15.5. The van der Waals surface area contributed by atoms with Gasteiger partial charge in [-0.3, -0.25) is 0 Å². The number of fused-ring (bicyclic) bond motifs is 20. The second kappa shape index (κ2) is 8.99. The lowest BCUT2D eigenvalue weighted by Gasteiger charge is -2.47. The highest BCUT2D eigenvalue weighted by Gasteiger charge is 2.50. The molecule has 0 N–H and O–H groups in total. The summed E-state index contributed by atoms with van der Waals surface area (Å²) in [5, 5.41) is 8.08. The summed E-state index contributed by atoms with van der Waals surface area (Å²) in [5.41, 5.74) is 20.2. The Bertz CT molecular complexity index is 3610. The molecule has 0 aliphatic carbocycles. The molecule has 4 aliphatic heterocycles. The maximum atomic E-state index is 2.65. The van der Waals surface area contributed by atoms with E-state index in [4.69, 9.17) is 0 Å². The van der Waals surface area contributed by atoms with Crippen molar-refractivity contribution in [2.75, 3.05) is 4.90 Å². The van der Waals surface area contributed by atoms with E-state index in [0.29, 0.717) is 0 Å². The quantitative estimate of drug-likeness (QED) is 0.147. The Morgan fingerprint density at radius 3 is 1.76 bits per heavy atom. The van der Waals surface area contributed by atoms with Gasteiger partial charge in [0.15, 0.2) is 0 Å². The average molecular weight is 697 g/mol. The first-order chi connectivity index (χ1) is 26.8. The van der Waals surface area contributed by atoms with Crippen LogP contribution in [0.1, 0.15) is 0 Å². The predicted molar refractivity (Wildman–Crippen MR) is 232 cm³/mol. The van der Waals surface area contributed by atoms with Gasteiger partial charge in [0.2, 0.25) is 0 Å². The summed E-state index contributed by atoms with van der Waals surface area (Å²) in [7, 11) is 0. The molecule has 11 aromatic rings. The molecule has 3 nitrogen and oxygen atoms in total. The van der Waals surface area contributed by atoms with Gasteiger partial charge in [-0.05, 0) is 69.2 Å². The van der Waals surface area contributed by atoms with E-state index in [1.54, 1.807) is 0 Å². The third-order valence-electron chi connectivity index (χ3n) is 13.3. The fourth-order valence-corrected chi connectivity index (χ4v) is 12.7. The molecule has 0 saturated heterocycles. The number of rotatable bonds is 0. The van der Waals surface area contributed by atoms with E-state index in [0.717, 1.165) is 0 Å². The van der Waals surface area contributed by atoms with E-state index in [9.17, 15) is 0 Å². The highest BCUT2D eigenvalue weighted by Crippen LogP contribution is 2.48. The van der Waals surface area contributed by atoms with Gasteiger partial charge in [-0.25, -0.2) is 0 Å². The number of nitrogens with zero attached hydrogens (tertiary/aromatic N) is 3. The van der Waals surface area contributed by atoms with Crippen molar-refractivity contribution in [3.8, 4) is 11.4 Å². The maximum absolute atomic E-state index is 2.65. The minimum Gasteiger partial charge on any atom is -0.312 e. The van der Waals surface area contributed by atoms with Gasteiger partial charge in [0.05, 0.1) is 16.6 Å². The zero-order valence-electron chi connectivity index (χ0n) is 28.8. The molecule has 0 radical (unpaired) electrons. The first-order valence-corrected chi connectivity index (χ1v) is 19.8. The zero-order chi connectivity index (χ0) is 34.6. The van der Waals surface area contributed by atoms with Crippen LogP contribution in [0.3, 0.4) is 0 Å². The number of anilines is 3. The van der Waals surface area contributed by atoms with E-state index in [1.165, 1.54) is 125 Å². The zero-order valence-corrected chi connectivity index (χ0v) is 29.7. The molecule has 0 amide bonds. The summed E-state index contributed by atoms with van der Waals surface area (Å²) in [6.07, 6.45) is 0. The molecular formula is C48H25B2N3S. The predicted octanol–water partition coefficient (Wildman–Crippen LogP) is 8.00. The van der Waals surface area contributed by atoms with E-state index < -0.39 is 0 Å². The van der Waals surface area contributed by atoms with Crippen LogP contribution >= 0.6 is 11.3 Å². The molecule has 0 fully saturated rings. The Balaban J connectivity index is 1.23. The lowest BCUT2D eigenvalue weighted by atomic mass is 9.29. The van der Waals surface area contributed by atoms with Gasteiger partial charge < -0.3 is 14.0 Å². The molecule has 0 unspecified atom stereocenters. The molecule has 6 heteroatoms. The SMILES string of the molecule is c1ccc2c(c1)B1c3c(cc4c5c3N2c2ccccc2B5c2cc3c5ccccc5sc3c3c5ccccc5n-4c23)-n2c3ccccc3c3cccc1c32. The van der Waals surface area contributed by atoms with Crippen molar-refractivity contribution < 1.29 is 0 Å². The Morgan fingerprint density at radius 1 is 0.407 bits per heavy atom. The minimum absolute atomic E-state index is 0.0830. The van der Waals surface area contributed by atoms with Crippen LogP contribution in [0.4, 0.5) is 17.1 Å². The summed E-state index contributed by atoms with van der Waals surface area (Å²) >= 11 is 1.95. The summed E-state index contributed by atoms with van der Waals surface area (Å²) in [6.45, 7) is 0.199. The van der Waals surface area contributed by atoms with Crippen molar-refractivity contribution in [1.82, 2.24) is 9.13 Å². The Kier molecular flexibility index (Phi) is 4.52. The Hall–Kier alpha value is -6.49. The first kappa shape index (κ1) is 27.2. The van der Waals surface area contributed by atoms with E-state index in [-0.39, 0.29) is 13.4 Å². The third-order valence-corrected chi connectivity index (χ3v) is 14.5. The number of para-hydroxylation sites is 5. The van der Waals surface area contributed by atoms with E-state index in [1.807, 2.05) is 11.3 Å². The number of thiophene rings is 1. The number of benzene rings is 8. The van der Waals surface area contributed by atoms with Crippen LogP contribution in [0.15, 0.2) is 152 Å². The average Bonchev–Trinajstić information content (AvgIpc) is 3.89. The molecule has 0 spiro atoms. The van der Waals surface area contributed by atoms with Crippen LogP contribution < -0.4 is 37.7 Å². The molecule has 0 saturated carbocycles. The van der Waals surface area contributed by atoms with Crippen LogP contribution in [0.25, 0.3) is 75.2 Å². The fourth-order valence-electron chi connectivity index (χ4n) is 11.4. The van der Waals surface area contributed by atoms with Crippen LogP contribution in [-0.4, -0.2) is 22.6 Å². The van der Waals surface area contributed by atoms with Crippen molar-refractivity contribution in [2.24, 2.45) is 0 Å². The molecule has 4 aliphatic rings. The van der Waals surface area contributed by atoms with Gasteiger partial charge in [-0.1, -0.05) is 115 Å². The normalized spacial score (nSPS) is 14.2. The van der Waals surface area contributed by atoms with Crippen molar-refractivity contribution in [3.63, 3.8) is 0 Å². The summed E-state index contributed by atoms with van der Waals surface area (Å²) in [6, 6.07) is 57.8. The molecular weight excluding hydrogens is 672 g/mol. The smallest absolute Gasteiger partial charge is 0.252 e. The molecule has 3 aromatic heterocycles. The van der Waals surface area contributed by atoms with Crippen molar-refractivity contribution >= 4 is 138 Å². The number of hydrogen-bond donors (Lipinski definition) is 0. The summed E-state index contributed by atoms with van der Waals surface area (Å²) in [5.74, 6) is 0. The van der Waals surface area contributed by atoms with Crippen LogP contribution in [0.2, 0.25) is 0 Å². The highest BCUT2D eigenvalue weighted by molar-refractivity contribution is 7.27. The van der Waals surface area contributed by atoms with Gasteiger partial charge in [-0.15, -0.1) is 11.3 Å². The van der Waals surface area contributed by atoms with Crippen molar-refractivity contribution in [2.45, 2.75) is 0 Å². The number of hydrogen-bond acceptors (Lipinski definition) is 2. The van der Waals surface area contributed by atoms with Crippen LogP contribution in [0.5, 0.6) is 0 Å². The topological polar surface area (TPSA) is 13.1 Å². The van der Waals surface area contributed by atoms with Crippen molar-refractivity contribution in [1.29, 1.82) is 0 Å². The molecule has 8 aromatic carbocycles. The van der Waals surface area contributed by atoms with E-state index >= 15 is 0 Å². The highest BCUT2D eigenvalue weighted by atomic mass is 32.1. The molecule has 0 bridgehead atoms. The summed E-state index contributed by atoms with van der Waals surface area (Å²) in [4.78, 5) is 2.64. The molecule has 244 valence electrons. The first-order valence-electron chi connectivity index (χ1n) is 18.9. The lowest BCUT2D eigenvalue weighted by molar-refractivity contribution is 1.13. The number of aromatic nitrogens is 2. The van der Waals surface area contributed by atoms with Gasteiger partial charge >= 0.3 is 0 Å². The molecule has 15 rings (SSSR count). The lowest BCUT2D eigenvalue weighted by Crippen LogP contribution is -2.68. The minimum atomic E-state index is 0.0830. The van der Waals surface area contributed by atoms with Crippen molar-refractivity contribution in [3.05, 3.63) is 152 Å².